The van der Waals surface area contributed by atoms with Gasteiger partial charge in [0.1, 0.15) is 5.69 Å². The smallest absolute Gasteiger partial charge is 0.269 e. The van der Waals surface area contributed by atoms with Crippen LogP contribution in [0, 0.1) is 0 Å². The number of ether oxygens (including phenoxy) is 1. The van der Waals surface area contributed by atoms with E-state index in [2.05, 4.69) is 33.7 Å². The Morgan fingerprint density at radius 2 is 2.12 bits per heavy atom. The van der Waals surface area contributed by atoms with Crippen molar-refractivity contribution in [1.29, 1.82) is 0 Å². The van der Waals surface area contributed by atoms with Crippen molar-refractivity contribution >= 4 is 16.7 Å². The van der Waals surface area contributed by atoms with Gasteiger partial charge in [-0.1, -0.05) is 42.5 Å². The maximum absolute atomic E-state index is 12.3. The van der Waals surface area contributed by atoms with Crippen LogP contribution < -0.4 is 5.32 Å². The van der Waals surface area contributed by atoms with E-state index in [1.54, 1.807) is 6.07 Å². The van der Waals surface area contributed by atoms with Gasteiger partial charge in [0.2, 0.25) is 0 Å². The fraction of sp³-hybridized carbons (Fsp3) is 0.263. The Morgan fingerprint density at radius 1 is 1.25 bits per heavy atom. The summed E-state index contributed by atoms with van der Waals surface area (Å²) < 4.78 is 5.52. The molecule has 1 aliphatic rings. The van der Waals surface area contributed by atoms with E-state index in [-0.39, 0.29) is 12.0 Å². The Labute approximate surface area is 140 Å². The first-order chi connectivity index (χ1) is 11.8. The molecule has 1 aliphatic heterocycles. The molecule has 5 nitrogen and oxygen atoms in total. The maximum Gasteiger partial charge on any atom is 0.269 e. The van der Waals surface area contributed by atoms with Crippen LogP contribution in [0.4, 0.5) is 0 Å². The number of nitrogens with one attached hydrogen (secondary N) is 2. The fourth-order valence-electron chi connectivity index (χ4n) is 3.13. The molecule has 0 saturated carbocycles. The largest absolute Gasteiger partial charge is 0.376 e. The lowest BCUT2D eigenvalue weighted by atomic mass is 10.0. The Morgan fingerprint density at radius 3 is 3.00 bits per heavy atom. The zero-order valence-electron chi connectivity index (χ0n) is 13.3. The van der Waals surface area contributed by atoms with Gasteiger partial charge in [0, 0.05) is 18.7 Å². The second-order valence-electron chi connectivity index (χ2n) is 6.04. The Kier molecular flexibility index (Phi) is 4.01. The summed E-state index contributed by atoms with van der Waals surface area (Å²) in [5, 5.41) is 12.3. The van der Waals surface area contributed by atoms with Crippen molar-refractivity contribution in [3.05, 3.63) is 54.2 Å². The number of carbonyl (C=O) groups excluding carboxylic acids is 1. The van der Waals surface area contributed by atoms with E-state index in [0.717, 1.165) is 41.5 Å². The van der Waals surface area contributed by atoms with Crippen LogP contribution in [0.15, 0.2) is 48.5 Å². The van der Waals surface area contributed by atoms with Crippen LogP contribution >= 0.6 is 0 Å². The third-order valence-electron chi connectivity index (χ3n) is 4.40. The normalized spacial score (nSPS) is 17.2. The highest BCUT2D eigenvalue weighted by molar-refractivity contribution is 5.98. The van der Waals surface area contributed by atoms with Gasteiger partial charge in [-0.3, -0.25) is 9.89 Å². The molecule has 1 fully saturated rings. The number of benzene rings is 2. The summed E-state index contributed by atoms with van der Waals surface area (Å²) in [5.74, 6) is -0.149. The first-order valence-corrected chi connectivity index (χ1v) is 8.24. The minimum absolute atomic E-state index is 0.134. The molecule has 0 aliphatic carbocycles. The molecule has 2 heterocycles. The molecule has 122 valence electrons. The van der Waals surface area contributed by atoms with Crippen molar-refractivity contribution in [2.75, 3.05) is 13.2 Å². The molecular formula is C19H19N3O2. The van der Waals surface area contributed by atoms with Crippen molar-refractivity contribution in [1.82, 2.24) is 15.5 Å². The molecule has 1 aromatic heterocycles. The molecule has 3 aromatic rings. The second-order valence-corrected chi connectivity index (χ2v) is 6.04. The summed E-state index contributed by atoms with van der Waals surface area (Å²) >= 11 is 0. The van der Waals surface area contributed by atoms with E-state index in [4.69, 9.17) is 4.74 Å². The number of H-pyrrole nitrogens is 1. The minimum Gasteiger partial charge on any atom is -0.376 e. The lowest BCUT2D eigenvalue weighted by Gasteiger charge is -2.09. The molecule has 4 rings (SSSR count). The zero-order valence-corrected chi connectivity index (χ0v) is 13.3. The second kappa shape index (κ2) is 6.45. The van der Waals surface area contributed by atoms with Crippen molar-refractivity contribution in [2.45, 2.75) is 18.9 Å². The van der Waals surface area contributed by atoms with Crippen LogP contribution in [0.25, 0.3) is 22.0 Å². The van der Waals surface area contributed by atoms with Gasteiger partial charge in [-0.05, 0) is 29.7 Å². The lowest BCUT2D eigenvalue weighted by Crippen LogP contribution is -2.31. The van der Waals surface area contributed by atoms with Crippen molar-refractivity contribution in [3.63, 3.8) is 0 Å². The molecule has 1 saturated heterocycles. The molecule has 2 N–H and O–H groups in total. The SMILES string of the molecule is O=C(NC[C@@H]1CCCO1)c1cc(-c2cccc3ccccc23)n[nH]1. The van der Waals surface area contributed by atoms with E-state index in [1.165, 1.54) is 0 Å². The maximum atomic E-state index is 12.3. The third-order valence-corrected chi connectivity index (χ3v) is 4.40. The highest BCUT2D eigenvalue weighted by Gasteiger charge is 2.18. The van der Waals surface area contributed by atoms with Crippen molar-refractivity contribution < 1.29 is 9.53 Å². The quantitative estimate of drug-likeness (QED) is 0.776. The average Bonchev–Trinajstić information content (AvgIpc) is 3.31. The highest BCUT2D eigenvalue weighted by atomic mass is 16.5. The minimum atomic E-state index is -0.149. The van der Waals surface area contributed by atoms with E-state index in [1.807, 2.05) is 24.3 Å². The van der Waals surface area contributed by atoms with Crippen LogP contribution in [0.5, 0.6) is 0 Å². The standard InChI is InChI=1S/C19H19N3O2/c23-19(20-12-14-7-4-10-24-14)18-11-17(21-22-18)16-9-3-6-13-5-1-2-8-15(13)16/h1-3,5-6,8-9,11,14H,4,7,10,12H2,(H,20,23)(H,21,22)/t14-/m0/s1. The molecule has 24 heavy (non-hydrogen) atoms. The van der Waals surface area contributed by atoms with Crippen LogP contribution in [0.1, 0.15) is 23.3 Å². The van der Waals surface area contributed by atoms with Crippen molar-refractivity contribution in [2.24, 2.45) is 0 Å². The Hall–Kier alpha value is -2.66. The average molecular weight is 321 g/mol. The summed E-state index contributed by atoms with van der Waals surface area (Å²) in [4.78, 5) is 12.3. The predicted octanol–water partition coefficient (Wildman–Crippen LogP) is 3.14. The summed E-state index contributed by atoms with van der Waals surface area (Å²) in [6.45, 7) is 1.33. The van der Waals surface area contributed by atoms with Gasteiger partial charge in [-0.15, -0.1) is 0 Å². The van der Waals surface area contributed by atoms with Gasteiger partial charge in [-0.2, -0.15) is 5.10 Å². The van der Waals surface area contributed by atoms with Gasteiger partial charge in [-0.25, -0.2) is 0 Å². The topological polar surface area (TPSA) is 67.0 Å². The first kappa shape index (κ1) is 14.9. The van der Waals surface area contributed by atoms with Crippen LogP contribution in [0.2, 0.25) is 0 Å². The van der Waals surface area contributed by atoms with Crippen LogP contribution in [0.3, 0.4) is 0 Å². The molecule has 1 atom stereocenters. The number of hydrogen-bond acceptors (Lipinski definition) is 3. The van der Waals surface area contributed by atoms with Gasteiger partial charge in [0.15, 0.2) is 0 Å². The van der Waals surface area contributed by atoms with Gasteiger partial charge < -0.3 is 10.1 Å². The molecular weight excluding hydrogens is 302 g/mol. The number of nitrogens with zero attached hydrogens (tertiary/aromatic N) is 1. The molecule has 0 radical (unpaired) electrons. The monoisotopic (exact) mass is 321 g/mol. The molecule has 0 bridgehead atoms. The summed E-state index contributed by atoms with van der Waals surface area (Å²) in [6, 6.07) is 16.1. The Balaban J connectivity index is 1.54. The van der Waals surface area contributed by atoms with E-state index < -0.39 is 0 Å². The van der Waals surface area contributed by atoms with E-state index in [0.29, 0.717) is 12.2 Å². The van der Waals surface area contributed by atoms with Gasteiger partial charge >= 0.3 is 0 Å². The first-order valence-electron chi connectivity index (χ1n) is 8.24. The zero-order chi connectivity index (χ0) is 16.4. The summed E-state index contributed by atoms with van der Waals surface area (Å²) in [7, 11) is 0. The highest BCUT2D eigenvalue weighted by Crippen LogP contribution is 2.27. The molecule has 2 aromatic carbocycles. The van der Waals surface area contributed by atoms with Gasteiger partial charge in [0.25, 0.3) is 5.91 Å². The predicted molar refractivity (Wildman–Crippen MR) is 92.8 cm³/mol. The fourth-order valence-corrected chi connectivity index (χ4v) is 3.13. The summed E-state index contributed by atoms with van der Waals surface area (Å²) in [6.07, 6.45) is 2.20. The molecule has 0 unspecified atom stereocenters. The third kappa shape index (κ3) is 2.90. The number of hydrogen-bond donors (Lipinski definition) is 2. The Bertz CT molecular complexity index is 860. The number of aromatic amines is 1. The van der Waals surface area contributed by atoms with Crippen LogP contribution in [-0.2, 0) is 4.74 Å². The van der Waals surface area contributed by atoms with E-state index >= 15 is 0 Å². The van der Waals surface area contributed by atoms with Gasteiger partial charge in [0.05, 0.1) is 11.8 Å². The summed E-state index contributed by atoms with van der Waals surface area (Å²) in [5.41, 5.74) is 2.26. The van der Waals surface area contributed by atoms with E-state index in [9.17, 15) is 4.79 Å². The lowest BCUT2D eigenvalue weighted by molar-refractivity contribution is 0.0853. The van der Waals surface area contributed by atoms with Crippen molar-refractivity contribution in [3.8, 4) is 11.3 Å². The molecule has 0 spiro atoms. The molecule has 5 heteroatoms. The molecule has 1 amide bonds. The number of aromatic nitrogens is 2. The number of rotatable bonds is 4. The number of carbonyl (C=O) groups is 1. The number of fused-ring (bicyclic) bond motifs is 1. The van der Waals surface area contributed by atoms with Crippen LogP contribution in [-0.4, -0.2) is 35.4 Å². The number of amides is 1.